The number of aromatic nitrogens is 4. The number of benzene rings is 1. The SMILES string of the molecule is CCNC(=O)N(Cc1cccc(Cn2c(=O)[nH]c3c(N)nc(OCCOC)nc32)c1)CC1CC1. The highest BCUT2D eigenvalue weighted by molar-refractivity contribution is 5.82. The van der Waals surface area contributed by atoms with Crippen LogP contribution in [0.3, 0.4) is 0 Å². The van der Waals surface area contributed by atoms with Crippen molar-refractivity contribution in [1.29, 1.82) is 0 Å². The molecule has 3 aromatic rings. The molecule has 0 bridgehead atoms. The van der Waals surface area contributed by atoms with E-state index in [2.05, 4.69) is 20.3 Å². The smallest absolute Gasteiger partial charge is 0.328 e. The number of imidazole rings is 1. The third-order valence-corrected chi connectivity index (χ3v) is 5.65. The van der Waals surface area contributed by atoms with Gasteiger partial charge in [0.15, 0.2) is 11.5 Å². The normalized spacial score (nSPS) is 13.2. The van der Waals surface area contributed by atoms with Crippen molar-refractivity contribution in [1.82, 2.24) is 29.7 Å². The maximum Gasteiger partial charge on any atom is 0.328 e. The van der Waals surface area contributed by atoms with Gasteiger partial charge in [0.1, 0.15) is 12.1 Å². The number of ether oxygens (including phenoxy) is 2. The minimum absolute atomic E-state index is 0.0548. The number of amides is 2. The predicted molar refractivity (Wildman–Crippen MR) is 128 cm³/mol. The molecule has 4 N–H and O–H groups in total. The number of hydrogen-bond donors (Lipinski definition) is 3. The van der Waals surface area contributed by atoms with Crippen molar-refractivity contribution in [2.45, 2.75) is 32.9 Å². The molecule has 1 aromatic carbocycles. The van der Waals surface area contributed by atoms with Gasteiger partial charge in [0.25, 0.3) is 0 Å². The first-order valence-electron chi connectivity index (χ1n) is 11.5. The van der Waals surface area contributed by atoms with E-state index in [0.29, 0.717) is 36.8 Å². The van der Waals surface area contributed by atoms with Crippen LogP contribution < -0.4 is 21.5 Å². The number of fused-ring (bicyclic) bond motifs is 1. The van der Waals surface area contributed by atoms with Crippen LogP contribution >= 0.6 is 0 Å². The van der Waals surface area contributed by atoms with Crippen molar-refractivity contribution < 1.29 is 14.3 Å². The minimum Gasteiger partial charge on any atom is -0.461 e. The van der Waals surface area contributed by atoms with Gasteiger partial charge in [-0.1, -0.05) is 24.3 Å². The molecule has 2 heterocycles. The Kier molecular flexibility index (Phi) is 7.31. The van der Waals surface area contributed by atoms with Gasteiger partial charge in [0.05, 0.1) is 13.2 Å². The van der Waals surface area contributed by atoms with Crippen molar-refractivity contribution in [3.63, 3.8) is 0 Å². The predicted octanol–water partition coefficient (Wildman–Crippen LogP) is 1.72. The number of methoxy groups -OCH3 is 1. The van der Waals surface area contributed by atoms with Crippen LogP contribution in [0, 0.1) is 5.92 Å². The van der Waals surface area contributed by atoms with Gasteiger partial charge in [-0.3, -0.25) is 4.57 Å². The van der Waals surface area contributed by atoms with Gasteiger partial charge in [-0.2, -0.15) is 9.97 Å². The number of carbonyl (C=O) groups is 1. The summed E-state index contributed by atoms with van der Waals surface area (Å²) in [5.41, 5.74) is 8.32. The highest BCUT2D eigenvalue weighted by Gasteiger charge is 2.26. The summed E-state index contributed by atoms with van der Waals surface area (Å²) >= 11 is 0. The minimum atomic E-state index is -0.340. The number of aromatic amines is 1. The lowest BCUT2D eigenvalue weighted by atomic mass is 10.1. The zero-order valence-corrected chi connectivity index (χ0v) is 19.5. The summed E-state index contributed by atoms with van der Waals surface area (Å²) in [6.07, 6.45) is 2.34. The molecule has 0 unspecified atom stereocenters. The Morgan fingerprint density at radius 3 is 2.82 bits per heavy atom. The Morgan fingerprint density at radius 2 is 2.09 bits per heavy atom. The van der Waals surface area contributed by atoms with Crippen LogP contribution in [0.5, 0.6) is 6.01 Å². The Balaban J connectivity index is 1.56. The molecule has 1 fully saturated rings. The number of nitrogen functional groups attached to an aromatic ring is 1. The topological polar surface area (TPSA) is 140 Å². The first-order chi connectivity index (χ1) is 16.5. The largest absolute Gasteiger partial charge is 0.461 e. The van der Waals surface area contributed by atoms with E-state index in [1.54, 1.807) is 7.11 Å². The third kappa shape index (κ3) is 5.66. The first kappa shape index (κ1) is 23.6. The Labute approximate surface area is 197 Å². The number of nitrogens with two attached hydrogens (primary N) is 1. The molecule has 0 saturated heterocycles. The summed E-state index contributed by atoms with van der Waals surface area (Å²) in [4.78, 5) is 38.3. The maximum atomic E-state index is 12.7. The van der Waals surface area contributed by atoms with Crippen LogP contribution in [0.15, 0.2) is 29.1 Å². The Bertz CT molecular complexity index is 1200. The van der Waals surface area contributed by atoms with E-state index >= 15 is 0 Å². The maximum absolute atomic E-state index is 12.7. The lowest BCUT2D eigenvalue weighted by Gasteiger charge is -2.23. The van der Waals surface area contributed by atoms with E-state index in [9.17, 15) is 9.59 Å². The summed E-state index contributed by atoms with van der Waals surface area (Å²) in [5.74, 6) is 0.723. The van der Waals surface area contributed by atoms with Crippen LogP contribution in [0.2, 0.25) is 0 Å². The van der Waals surface area contributed by atoms with E-state index in [1.165, 1.54) is 17.4 Å². The summed E-state index contributed by atoms with van der Waals surface area (Å²) in [6, 6.07) is 7.89. The van der Waals surface area contributed by atoms with Crippen molar-refractivity contribution in [2.24, 2.45) is 5.92 Å². The fraction of sp³-hybridized carbons (Fsp3) is 0.478. The molecule has 0 spiro atoms. The van der Waals surface area contributed by atoms with Gasteiger partial charge < -0.3 is 30.4 Å². The zero-order chi connectivity index (χ0) is 24.1. The molecule has 1 aliphatic carbocycles. The lowest BCUT2D eigenvalue weighted by molar-refractivity contribution is 0.141. The molecule has 4 rings (SSSR count). The zero-order valence-electron chi connectivity index (χ0n) is 19.5. The molecule has 0 radical (unpaired) electrons. The summed E-state index contributed by atoms with van der Waals surface area (Å²) in [7, 11) is 1.57. The highest BCUT2D eigenvalue weighted by Crippen LogP contribution is 2.30. The molecular weight excluding hydrogens is 438 g/mol. The molecule has 0 atom stereocenters. The molecule has 1 aliphatic rings. The number of H-pyrrole nitrogens is 1. The second kappa shape index (κ2) is 10.6. The second-order valence-electron chi connectivity index (χ2n) is 8.43. The number of anilines is 1. The number of hydrogen-bond acceptors (Lipinski definition) is 7. The third-order valence-electron chi connectivity index (χ3n) is 5.65. The number of nitrogens with one attached hydrogen (secondary N) is 2. The van der Waals surface area contributed by atoms with E-state index < -0.39 is 0 Å². The molecule has 182 valence electrons. The highest BCUT2D eigenvalue weighted by atomic mass is 16.5. The van der Waals surface area contributed by atoms with Crippen LogP contribution in [0.25, 0.3) is 11.2 Å². The van der Waals surface area contributed by atoms with Crippen LogP contribution in [0.4, 0.5) is 10.6 Å². The van der Waals surface area contributed by atoms with E-state index in [-0.39, 0.29) is 36.7 Å². The molecule has 11 heteroatoms. The monoisotopic (exact) mass is 469 g/mol. The fourth-order valence-electron chi connectivity index (χ4n) is 3.78. The van der Waals surface area contributed by atoms with Crippen molar-refractivity contribution in [2.75, 3.05) is 39.1 Å². The standard InChI is InChI=1S/C23H31N7O4/c1-3-25-22(31)29(12-15-7-8-15)13-16-5-4-6-17(11-16)14-30-20-18(26-23(30)32)19(24)27-21(28-20)34-10-9-33-2/h4-6,11,15H,3,7-10,12-14H2,1-2H3,(H,25,31)(H,26,32)(H2,24,27,28). The second-order valence-corrected chi connectivity index (χ2v) is 8.43. The Morgan fingerprint density at radius 1 is 1.29 bits per heavy atom. The molecule has 0 aliphatic heterocycles. The Hall–Kier alpha value is -3.60. The average molecular weight is 470 g/mol. The number of urea groups is 1. The summed E-state index contributed by atoms with van der Waals surface area (Å²) in [6.45, 7) is 4.68. The van der Waals surface area contributed by atoms with Crippen LogP contribution in [0.1, 0.15) is 30.9 Å². The van der Waals surface area contributed by atoms with E-state index in [0.717, 1.165) is 17.7 Å². The summed E-state index contributed by atoms with van der Waals surface area (Å²) < 4.78 is 12.0. The number of nitrogens with zero attached hydrogens (tertiary/aromatic N) is 4. The van der Waals surface area contributed by atoms with Gasteiger partial charge in [-0.25, -0.2) is 9.59 Å². The first-order valence-corrected chi connectivity index (χ1v) is 11.5. The van der Waals surface area contributed by atoms with Crippen LogP contribution in [-0.4, -0.2) is 63.9 Å². The van der Waals surface area contributed by atoms with Gasteiger partial charge in [-0.15, -0.1) is 0 Å². The van der Waals surface area contributed by atoms with Gasteiger partial charge in [0, 0.05) is 26.7 Å². The molecule has 2 amide bonds. The van der Waals surface area contributed by atoms with Crippen LogP contribution in [-0.2, 0) is 17.8 Å². The molecular formula is C23H31N7O4. The average Bonchev–Trinajstić information content (AvgIpc) is 3.58. The molecule has 34 heavy (non-hydrogen) atoms. The van der Waals surface area contributed by atoms with Gasteiger partial charge in [-0.05, 0) is 36.8 Å². The van der Waals surface area contributed by atoms with Crippen molar-refractivity contribution >= 4 is 23.0 Å². The number of carbonyl (C=O) groups excluding carboxylic acids is 1. The molecule has 2 aromatic heterocycles. The molecule has 1 saturated carbocycles. The van der Waals surface area contributed by atoms with Gasteiger partial charge >= 0.3 is 17.7 Å². The van der Waals surface area contributed by atoms with Crippen molar-refractivity contribution in [3.05, 3.63) is 45.9 Å². The van der Waals surface area contributed by atoms with Crippen molar-refractivity contribution in [3.8, 4) is 6.01 Å². The number of rotatable bonds is 11. The van der Waals surface area contributed by atoms with E-state index in [4.69, 9.17) is 15.2 Å². The van der Waals surface area contributed by atoms with Gasteiger partial charge in [0.2, 0.25) is 0 Å². The fourth-order valence-corrected chi connectivity index (χ4v) is 3.78. The quantitative estimate of drug-likeness (QED) is 0.363. The lowest BCUT2D eigenvalue weighted by Crippen LogP contribution is -2.40. The van der Waals surface area contributed by atoms with E-state index in [1.807, 2.05) is 36.1 Å². The molecule has 11 nitrogen and oxygen atoms in total. The summed E-state index contributed by atoms with van der Waals surface area (Å²) in [5, 5.41) is 2.90.